The monoisotopic (exact) mass is 544 g/mol. The Hall–Kier alpha value is -4.64. The Balaban J connectivity index is 1.31. The molecule has 10 nitrogen and oxygen atoms in total. The summed E-state index contributed by atoms with van der Waals surface area (Å²) in [6, 6.07) is 17.5. The SMILES string of the molecule is COc1ccc(C2CC(c3cccs3)=NN2C(=O)Cn2nc(-c3ccc4c(c3)OCO4)ccc2=O)cc1OC. The van der Waals surface area contributed by atoms with Gasteiger partial charge in [0.2, 0.25) is 6.79 Å². The molecule has 0 N–H and O–H groups in total. The van der Waals surface area contributed by atoms with Crippen molar-refractivity contribution in [1.82, 2.24) is 14.8 Å². The fraction of sp³-hybridized carbons (Fsp3) is 0.214. The molecule has 0 saturated carbocycles. The largest absolute Gasteiger partial charge is 0.493 e. The third-order valence-electron chi connectivity index (χ3n) is 6.58. The minimum Gasteiger partial charge on any atom is -0.493 e. The molecule has 0 fully saturated rings. The lowest BCUT2D eigenvalue weighted by Crippen LogP contribution is -2.35. The van der Waals surface area contributed by atoms with E-state index in [1.54, 1.807) is 49.8 Å². The Bertz CT molecular complexity index is 1630. The van der Waals surface area contributed by atoms with Gasteiger partial charge in [-0.3, -0.25) is 9.59 Å². The lowest BCUT2D eigenvalue weighted by molar-refractivity contribution is -0.133. The van der Waals surface area contributed by atoms with Crippen LogP contribution in [0.5, 0.6) is 23.0 Å². The molecule has 0 bridgehead atoms. The van der Waals surface area contributed by atoms with Crippen molar-refractivity contribution in [1.29, 1.82) is 0 Å². The number of rotatable bonds is 7. The number of fused-ring (bicyclic) bond motifs is 1. The van der Waals surface area contributed by atoms with Gasteiger partial charge in [0.25, 0.3) is 11.5 Å². The molecular weight excluding hydrogens is 520 g/mol. The van der Waals surface area contributed by atoms with E-state index >= 15 is 0 Å². The van der Waals surface area contributed by atoms with Gasteiger partial charge in [0.05, 0.1) is 36.5 Å². The molecule has 1 unspecified atom stereocenters. The summed E-state index contributed by atoms with van der Waals surface area (Å²) < 4.78 is 22.9. The second-order valence-electron chi connectivity index (χ2n) is 8.88. The first-order valence-corrected chi connectivity index (χ1v) is 13.1. The van der Waals surface area contributed by atoms with E-state index in [9.17, 15) is 9.59 Å². The maximum absolute atomic E-state index is 13.7. The highest BCUT2D eigenvalue weighted by atomic mass is 32.1. The van der Waals surface area contributed by atoms with Gasteiger partial charge in [-0.1, -0.05) is 12.1 Å². The summed E-state index contributed by atoms with van der Waals surface area (Å²) in [5, 5.41) is 12.6. The van der Waals surface area contributed by atoms with E-state index in [1.807, 2.05) is 35.7 Å². The molecule has 0 spiro atoms. The number of aromatic nitrogens is 2. The number of hydrazone groups is 1. The van der Waals surface area contributed by atoms with Crippen LogP contribution in [0.15, 0.2) is 75.9 Å². The molecule has 0 saturated heterocycles. The number of hydrogen-bond donors (Lipinski definition) is 0. The predicted molar refractivity (Wildman–Crippen MR) is 145 cm³/mol. The molecule has 0 radical (unpaired) electrons. The van der Waals surface area contributed by atoms with Crippen molar-refractivity contribution in [3.05, 3.63) is 86.8 Å². The van der Waals surface area contributed by atoms with Crippen molar-refractivity contribution in [3.63, 3.8) is 0 Å². The zero-order chi connectivity index (χ0) is 26.9. The topological polar surface area (TPSA) is 104 Å². The lowest BCUT2D eigenvalue weighted by atomic mass is 10.0. The van der Waals surface area contributed by atoms with Crippen LogP contribution in [0, 0.1) is 0 Å². The van der Waals surface area contributed by atoms with E-state index in [-0.39, 0.29) is 25.3 Å². The number of thiophene rings is 1. The average Bonchev–Trinajstić information content (AvgIpc) is 3.74. The first-order valence-electron chi connectivity index (χ1n) is 12.2. The molecule has 198 valence electrons. The Morgan fingerprint density at radius 2 is 1.87 bits per heavy atom. The number of ether oxygens (including phenoxy) is 4. The second kappa shape index (κ2) is 10.3. The van der Waals surface area contributed by atoms with E-state index in [4.69, 9.17) is 24.0 Å². The van der Waals surface area contributed by atoms with Gasteiger partial charge in [0.15, 0.2) is 23.0 Å². The van der Waals surface area contributed by atoms with Gasteiger partial charge in [-0.2, -0.15) is 10.2 Å². The van der Waals surface area contributed by atoms with Gasteiger partial charge in [0.1, 0.15) is 6.54 Å². The lowest BCUT2D eigenvalue weighted by Gasteiger charge is -2.23. The Labute approximate surface area is 227 Å². The zero-order valence-electron chi connectivity index (χ0n) is 21.2. The summed E-state index contributed by atoms with van der Waals surface area (Å²) in [5.74, 6) is 2.04. The molecule has 39 heavy (non-hydrogen) atoms. The molecule has 6 rings (SSSR count). The molecule has 0 aliphatic carbocycles. The van der Waals surface area contributed by atoms with E-state index in [0.29, 0.717) is 35.1 Å². The van der Waals surface area contributed by atoms with E-state index in [2.05, 4.69) is 5.10 Å². The molecule has 4 aromatic rings. The van der Waals surface area contributed by atoms with Gasteiger partial charge < -0.3 is 18.9 Å². The summed E-state index contributed by atoms with van der Waals surface area (Å²) in [7, 11) is 3.14. The molecule has 2 aromatic carbocycles. The van der Waals surface area contributed by atoms with Gasteiger partial charge in [0, 0.05) is 18.1 Å². The number of nitrogens with zero attached hydrogens (tertiary/aromatic N) is 4. The molecule has 2 aliphatic heterocycles. The van der Waals surface area contributed by atoms with E-state index < -0.39 is 5.56 Å². The van der Waals surface area contributed by atoms with Crippen molar-refractivity contribution in [3.8, 4) is 34.3 Å². The average molecular weight is 545 g/mol. The number of carbonyl (C=O) groups is 1. The van der Waals surface area contributed by atoms with Crippen LogP contribution >= 0.6 is 11.3 Å². The normalized spacial score (nSPS) is 15.8. The van der Waals surface area contributed by atoms with Crippen molar-refractivity contribution in [2.45, 2.75) is 19.0 Å². The Kier molecular flexibility index (Phi) is 6.49. The highest BCUT2D eigenvalue weighted by molar-refractivity contribution is 7.12. The predicted octanol–water partition coefficient (Wildman–Crippen LogP) is 4.10. The van der Waals surface area contributed by atoms with Gasteiger partial charge in [-0.15, -0.1) is 11.3 Å². The van der Waals surface area contributed by atoms with Crippen molar-refractivity contribution >= 4 is 23.0 Å². The van der Waals surface area contributed by atoms with Crippen molar-refractivity contribution in [2.75, 3.05) is 21.0 Å². The summed E-state index contributed by atoms with van der Waals surface area (Å²) in [6.45, 7) is -0.118. The van der Waals surface area contributed by atoms with Crippen LogP contribution < -0.4 is 24.5 Å². The highest BCUT2D eigenvalue weighted by Gasteiger charge is 2.34. The molecule has 2 aliphatic rings. The summed E-state index contributed by atoms with van der Waals surface area (Å²) in [5.41, 5.74) is 2.51. The standard InChI is InChI=1S/C28H24N4O6S/c1-35-22-8-6-18(13-24(22)36-2)21-14-20(26-4-3-11-39-26)30-32(21)28(34)15-31-27(33)10-7-19(29-31)17-5-9-23-25(12-17)38-16-37-23/h3-13,21H,14-16H2,1-2H3. The first kappa shape index (κ1) is 24.7. The first-order chi connectivity index (χ1) is 19.0. The summed E-state index contributed by atoms with van der Waals surface area (Å²) in [4.78, 5) is 27.4. The second-order valence-corrected chi connectivity index (χ2v) is 9.83. The minimum atomic E-state index is -0.392. The molecule has 4 heterocycles. The third-order valence-corrected chi connectivity index (χ3v) is 7.50. The smallest absolute Gasteiger partial charge is 0.267 e. The van der Waals surface area contributed by atoms with Crippen molar-refractivity contribution < 1.29 is 23.7 Å². The van der Waals surface area contributed by atoms with Crippen LogP contribution in [0.1, 0.15) is 22.9 Å². The van der Waals surface area contributed by atoms with Crippen LogP contribution in [0.2, 0.25) is 0 Å². The summed E-state index contributed by atoms with van der Waals surface area (Å²) >= 11 is 1.56. The van der Waals surface area contributed by atoms with Crippen LogP contribution in [-0.4, -0.2) is 47.4 Å². The van der Waals surface area contributed by atoms with Gasteiger partial charge >= 0.3 is 0 Å². The van der Waals surface area contributed by atoms with E-state index in [1.165, 1.54) is 11.1 Å². The fourth-order valence-corrected chi connectivity index (χ4v) is 5.35. The number of hydrogen-bond acceptors (Lipinski definition) is 9. The maximum Gasteiger partial charge on any atom is 0.267 e. The van der Waals surface area contributed by atoms with Crippen molar-refractivity contribution in [2.24, 2.45) is 5.10 Å². The maximum atomic E-state index is 13.7. The number of amides is 1. The number of methoxy groups -OCH3 is 2. The third kappa shape index (κ3) is 4.72. The van der Waals surface area contributed by atoms with Gasteiger partial charge in [-0.25, -0.2) is 9.69 Å². The van der Waals surface area contributed by atoms with Crippen LogP contribution in [0.25, 0.3) is 11.3 Å². The van der Waals surface area contributed by atoms with Crippen LogP contribution in [0.4, 0.5) is 0 Å². The minimum absolute atomic E-state index is 0.158. The fourth-order valence-electron chi connectivity index (χ4n) is 4.62. The van der Waals surface area contributed by atoms with Crippen LogP contribution in [-0.2, 0) is 11.3 Å². The molecule has 1 atom stereocenters. The summed E-state index contributed by atoms with van der Waals surface area (Å²) in [6.07, 6.45) is 0.515. The number of carbonyl (C=O) groups excluding carboxylic acids is 1. The van der Waals surface area contributed by atoms with Gasteiger partial charge in [-0.05, 0) is 53.4 Å². The van der Waals surface area contributed by atoms with E-state index in [0.717, 1.165) is 26.4 Å². The molecule has 11 heteroatoms. The molecule has 1 amide bonds. The van der Waals surface area contributed by atoms with Crippen LogP contribution in [0.3, 0.4) is 0 Å². The molecule has 2 aromatic heterocycles. The Morgan fingerprint density at radius 1 is 1.03 bits per heavy atom. The molecular formula is C28H24N4O6S. The quantitative estimate of drug-likeness (QED) is 0.345. The number of benzene rings is 2. The highest BCUT2D eigenvalue weighted by Crippen LogP contribution is 2.38. The zero-order valence-corrected chi connectivity index (χ0v) is 22.0. The Morgan fingerprint density at radius 3 is 2.67 bits per heavy atom.